The van der Waals surface area contributed by atoms with Gasteiger partial charge in [-0.15, -0.1) is 11.3 Å². The van der Waals surface area contributed by atoms with Crippen molar-refractivity contribution >= 4 is 28.9 Å². The minimum Gasteiger partial charge on any atom is -0.486 e. The normalized spacial score (nSPS) is 10.6. The number of nitrogens with zero attached hydrogens (tertiary/aromatic N) is 1. The molecule has 2 aromatic carbocycles. The van der Waals surface area contributed by atoms with Crippen LogP contribution in [-0.2, 0) is 17.8 Å². The van der Waals surface area contributed by atoms with E-state index in [1.54, 1.807) is 12.1 Å². The van der Waals surface area contributed by atoms with E-state index in [1.165, 1.54) is 16.9 Å². The Morgan fingerprint density at radius 2 is 1.85 bits per heavy atom. The van der Waals surface area contributed by atoms with Crippen molar-refractivity contribution in [2.75, 3.05) is 0 Å². The van der Waals surface area contributed by atoms with Gasteiger partial charge in [0.05, 0.1) is 17.1 Å². The number of benzene rings is 2. The molecule has 0 saturated heterocycles. The van der Waals surface area contributed by atoms with Crippen LogP contribution in [0.1, 0.15) is 21.8 Å². The fraction of sp³-hybridized carbons (Fsp3) is 0.200. The van der Waals surface area contributed by atoms with E-state index >= 15 is 0 Å². The standard InChI is InChI=1S/C20H18ClNO3S/c1-13-3-6-16(7-4-13)24-11-19-22-15(12-26-19)10-20(23)25-18-9-14(2)5-8-17(18)21/h3-9,12H,10-11H2,1-2H3. The zero-order chi connectivity index (χ0) is 18.5. The number of esters is 1. The molecule has 6 heteroatoms. The Labute approximate surface area is 161 Å². The number of hydrogen-bond acceptors (Lipinski definition) is 5. The molecule has 0 aliphatic carbocycles. The number of hydrogen-bond donors (Lipinski definition) is 0. The quantitative estimate of drug-likeness (QED) is 0.434. The van der Waals surface area contributed by atoms with E-state index < -0.39 is 5.97 Å². The lowest BCUT2D eigenvalue weighted by atomic mass is 10.2. The van der Waals surface area contributed by atoms with E-state index in [0.717, 1.165) is 16.3 Å². The predicted octanol–water partition coefficient (Wildman–Crippen LogP) is 5.14. The van der Waals surface area contributed by atoms with Gasteiger partial charge >= 0.3 is 5.97 Å². The van der Waals surface area contributed by atoms with Crippen molar-refractivity contribution in [3.63, 3.8) is 0 Å². The van der Waals surface area contributed by atoms with Gasteiger partial charge in [0.2, 0.25) is 0 Å². The van der Waals surface area contributed by atoms with Crippen LogP contribution < -0.4 is 9.47 Å². The second-order valence-electron chi connectivity index (χ2n) is 5.92. The third-order valence-electron chi connectivity index (χ3n) is 3.62. The Morgan fingerprint density at radius 3 is 2.62 bits per heavy atom. The Kier molecular flexibility index (Phi) is 5.91. The third-order valence-corrected chi connectivity index (χ3v) is 4.80. The van der Waals surface area contributed by atoms with Gasteiger partial charge in [-0.05, 0) is 43.7 Å². The number of aromatic nitrogens is 1. The summed E-state index contributed by atoms with van der Waals surface area (Å²) < 4.78 is 11.0. The number of aryl methyl sites for hydroxylation is 2. The van der Waals surface area contributed by atoms with Crippen molar-refractivity contribution in [1.82, 2.24) is 4.98 Å². The van der Waals surface area contributed by atoms with Crippen molar-refractivity contribution in [3.05, 3.63) is 74.7 Å². The summed E-state index contributed by atoms with van der Waals surface area (Å²) >= 11 is 7.51. The molecular weight excluding hydrogens is 370 g/mol. The zero-order valence-electron chi connectivity index (χ0n) is 14.5. The average molecular weight is 388 g/mol. The van der Waals surface area contributed by atoms with Crippen LogP contribution in [0.15, 0.2) is 47.8 Å². The summed E-state index contributed by atoms with van der Waals surface area (Å²) in [5.74, 6) is 0.768. The smallest absolute Gasteiger partial charge is 0.317 e. The molecule has 4 nitrogen and oxygen atoms in total. The molecule has 1 aromatic heterocycles. The van der Waals surface area contributed by atoms with Gasteiger partial charge in [0.1, 0.15) is 23.1 Å². The summed E-state index contributed by atoms with van der Waals surface area (Å²) in [4.78, 5) is 16.5. The van der Waals surface area contributed by atoms with Crippen LogP contribution in [0, 0.1) is 13.8 Å². The van der Waals surface area contributed by atoms with Gasteiger partial charge in [-0.1, -0.05) is 35.4 Å². The number of halogens is 1. The fourth-order valence-electron chi connectivity index (χ4n) is 2.27. The molecule has 0 bridgehead atoms. The highest BCUT2D eigenvalue weighted by molar-refractivity contribution is 7.09. The SMILES string of the molecule is Cc1ccc(OCc2nc(CC(=O)Oc3cc(C)ccc3Cl)cs2)cc1. The predicted molar refractivity (Wildman–Crippen MR) is 103 cm³/mol. The highest BCUT2D eigenvalue weighted by atomic mass is 35.5. The monoisotopic (exact) mass is 387 g/mol. The molecule has 0 radical (unpaired) electrons. The van der Waals surface area contributed by atoms with Crippen molar-refractivity contribution in [3.8, 4) is 11.5 Å². The average Bonchev–Trinajstić information content (AvgIpc) is 3.05. The molecule has 26 heavy (non-hydrogen) atoms. The molecule has 3 aromatic rings. The minimum absolute atomic E-state index is 0.0886. The topological polar surface area (TPSA) is 48.4 Å². The van der Waals surface area contributed by atoms with Gasteiger partial charge in [0.15, 0.2) is 0 Å². The van der Waals surface area contributed by atoms with E-state index in [-0.39, 0.29) is 6.42 Å². The van der Waals surface area contributed by atoms with E-state index in [9.17, 15) is 4.79 Å². The molecule has 0 aliphatic rings. The van der Waals surface area contributed by atoms with Crippen LogP contribution in [0.2, 0.25) is 5.02 Å². The van der Waals surface area contributed by atoms with Crippen LogP contribution in [-0.4, -0.2) is 11.0 Å². The van der Waals surface area contributed by atoms with E-state index in [0.29, 0.717) is 23.1 Å². The van der Waals surface area contributed by atoms with E-state index in [1.807, 2.05) is 49.6 Å². The Hall–Kier alpha value is -2.37. The lowest BCUT2D eigenvalue weighted by Crippen LogP contribution is -2.12. The zero-order valence-corrected chi connectivity index (χ0v) is 16.1. The van der Waals surface area contributed by atoms with Crippen molar-refractivity contribution in [1.29, 1.82) is 0 Å². The Balaban J connectivity index is 1.55. The summed E-state index contributed by atoms with van der Waals surface area (Å²) in [6, 6.07) is 13.1. The maximum Gasteiger partial charge on any atom is 0.317 e. The highest BCUT2D eigenvalue weighted by Crippen LogP contribution is 2.25. The van der Waals surface area contributed by atoms with Crippen LogP contribution in [0.5, 0.6) is 11.5 Å². The van der Waals surface area contributed by atoms with Crippen molar-refractivity contribution in [2.24, 2.45) is 0 Å². The van der Waals surface area contributed by atoms with Crippen LogP contribution in [0.3, 0.4) is 0 Å². The van der Waals surface area contributed by atoms with E-state index in [2.05, 4.69) is 4.98 Å². The molecular formula is C20H18ClNO3S. The molecule has 0 fully saturated rings. The van der Waals surface area contributed by atoms with Crippen LogP contribution in [0.25, 0.3) is 0 Å². The maximum absolute atomic E-state index is 12.1. The summed E-state index contributed by atoms with van der Waals surface area (Å²) in [7, 11) is 0. The molecule has 0 unspecified atom stereocenters. The second kappa shape index (κ2) is 8.34. The number of carbonyl (C=O) groups is 1. The minimum atomic E-state index is -0.395. The van der Waals surface area contributed by atoms with Crippen molar-refractivity contribution in [2.45, 2.75) is 26.9 Å². The van der Waals surface area contributed by atoms with Gasteiger partial charge < -0.3 is 9.47 Å². The molecule has 0 N–H and O–H groups in total. The van der Waals surface area contributed by atoms with Gasteiger partial charge in [-0.25, -0.2) is 4.98 Å². The molecule has 134 valence electrons. The third kappa shape index (κ3) is 5.07. The fourth-order valence-corrected chi connectivity index (χ4v) is 3.13. The molecule has 3 rings (SSSR count). The molecule has 0 spiro atoms. The summed E-state index contributed by atoms with van der Waals surface area (Å²) in [5.41, 5.74) is 2.81. The second-order valence-corrected chi connectivity index (χ2v) is 7.27. The van der Waals surface area contributed by atoms with Crippen LogP contribution >= 0.6 is 22.9 Å². The number of thiazole rings is 1. The first-order valence-corrected chi connectivity index (χ1v) is 9.35. The summed E-state index contributed by atoms with van der Waals surface area (Å²) in [6.45, 7) is 4.31. The van der Waals surface area contributed by atoms with E-state index in [4.69, 9.17) is 21.1 Å². The molecule has 0 atom stereocenters. The molecule has 1 heterocycles. The largest absolute Gasteiger partial charge is 0.486 e. The number of rotatable bonds is 6. The lowest BCUT2D eigenvalue weighted by Gasteiger charge is -2.06. The highest BCUT2D eigenvalue weighted by Gasteiger charge is 2.12. The van der Waals surface area contributed by atoms with Gasteiger partial charge in [-0.3, -0.25) is 4.79 Å². The summed E-state index contributed by atoms with van der Waals surface area (Å²) in [6.07, 6.45) is 0.0886. The summed E-state index contributed by atoms with van der Waals surface area (Å²) in [5, 5.41) is 3.06. The molecule has 0 aliphatic heterocycles. The number of ether oxygens (including phenoxy) is 2. The Morgan fingerprint density at radius 1 is 1.12 bits per heavy atom. The first-order valence-electron chi connectivity index (χ1n) is 8.09. The number of carbonyl (C=O) groups excluding carboxylic acids is 1. The van der Waals surface area contributed by atoms with Gasteiger partial charge in [0, 0.05) is 5.38 Å². The van der Waals surface area contributed by atoms with Crippen molar-refractivity contribution < 1.29 is 14.3 Å². The van der Waals surface area contributed by atoms with Crippen LogP contribution in [0.4, 0.5) is 0 Å². The molecule has 0 amide bonds. The van der Waals surface area contributed by atoms with Gasteiger partial charge in [0.25, 0.3) is 0 Å². The maximum atomic E-state index is 12.1. The first-order chi connectivity index (χ1) is 12.5. The molecule has 0 saturated carbocycles. The first kappa shape index (κ1) is 18.4. The Bertz CT molecular complexity index is 906. The lowest BCUT2D eigenvalue weighted by molar-refractivity contribution is -0.133. The van der Waals surface area contributed by atoms with Gasteiger partial charge in [-0.2, -0.15) is 0 Å².